The van der Waals surface area contributed by atoms with Gasteiger partial charge < -0.3 is 11.1 Å². The Morgan fingerprint density at radius 3 is 2.85 bits per heavy atom. The molecule has 13 heteroatoms. The molecule has 0 saturated carbocycles. The third-order valence-corrected chi connectivity index (χ3v) is 8.39. The van der Waals surface area contributed by atoms with Gasteiger partial charge in [0.2, 0.25) is 11.0 Å². The van der Waals surface area contributed by atoms with Crippen molar-refractivity contribution in [2.75, 3.05) is 23.1 Å². The molecule has 0 aliphatic carbocycles. The van der Waals surface area contributed by atoms with Crippen LogP contribution in [0.2, 0.25) is 0 Å². The SMILES string of the molecule is CC/C=C(/CC(=O)N=C(N)SC(=N)CCSCCc1nnc(NC(=O)Cc2cccs2)s1)SC. The van der Waals surface area contributed by atoms with E-state index >= 15 is 0 Å². The molecule has 2 heterocycles. The van der Waals surface area contributed by atoms with E-state index < -0.39 is 0 Å². The fourth-order valence-electron chi connectivity index (χ4n) is 2.53. The van der Waals surface area contributed by atoms with Crippen LogP contribution in [0.25, 0.3) is 0 Å². The van der Waals surface area contributed by atoms with Crippen LogP contribution >= 0.6 is 58.0 Å². The molecule has 0 spiro atoms. The van der Waals surface area contributed by atoms with E-state index in [9.17, 15) is 9.59 Å². The van der Waals surface area contributed by atoms with Gasteiger partial charge in [0.15, 0.2) is 5.17 Å². The van der Waals surface area contributed by atoms with Crippen molar-refractivity contribution in [3.63, 3.8) is 0 Å². The van der Waals surface area contributed by atoms with Gasteiger partial charge in [-0.1, -0.05) is 30.4 Å². The minimum atomic E-state index is -0.291. The minimum Gasteiger partial charge on any atom is -0.378 e. The molecule has 2 amide bonds. The van der Waals surface area contributed by atoms with Gasteiger partial charge in [-0.2, -0.15) is 16.8 Å². The second-order valence-corrected chi connectivity index (χ2v) is 12.1. The van der Waals surface area contributed by atoms with E-state index in [0.717, 1.165) is 50.9 Å². The van der Waals surface area contributed by atoms with Crippen LogP contribution in [0.4, 0.5) is 5.13 Å². The largest absolute Gasteiger partial charge is 0.378 e. The van der Waals surface area contributed by atoms with Gasteiger partial charge in [0.25, 0.3) is 5.91 Å². The zero-order valence-electron chi connectivity index (χ0n) is 19.0. The van der Waals surface area contributed by atoms with Crippen LogP contribution in [0.15, 0.2) is 33.5 Å². The lowest BCUT2D eigenvalue weighted by molar-refractivity contribution is -0.117. The van der Waals surface area contributed by atoms with E-state index in [2.05, 4.69) is 20.5 Å². The van der Waals surface area contributed by atoms with Crippen LogP contribution in [-0.4, -0.2) is 50.0 Å². The molecule has 0 radical (unpaired) electrons. The second kappa shape index (κ2) is 16.1. The van der Waals surface area contributed by atoms with Crippen molar-refractivity contribution < 1.29 is 9.59 Å². The Morgan fingerprint density at radius 2 is 2.15 bits per heavy atom. The van der Waals surface area contributed by atoms with E-state index in [1.165, 1.54) is 23.1 Å². The first-order valence-corrected chi connectivity index (χ1v) is 15.4. The normalized spacial score (nSPS) is 12.1. The van der Waals surface area contributed by atoms with E-state index in [0.29, 0.717) is 23.0 Å². The summed E-state index contributed by atoms with van der Waals surface area (Å²) in [6.45, 7) is 2.02. The number of amidine groups is 1. The average Bonchev–Trinajstić information content (AvgIpc) is 3.45. The Labute approximate surface area is 220 Å². The van der Waals surface area contributed by atoms with E-state index in [1.807, 2.05) is 36.8 Å². The molecular formula is C21H28N6O2S5. The summed E-state index contributed by atoms with van der Waals surface area (Å²) in [7, 11) is 0. The summed E-state index contributed by atoms with van der Waals surface area (Å²) in [5.41, 5.74) is 5.82. The van der Waals surface area contributed by atoms with Gasteiger partial charge in [-0.25, -0.2) is 0 Å². The highest BCUT2D eigenvalue weighted by Gasteiger charge is 2.10. The predicted octanol–water partition coefficient (Wildman–Crippen LogP) is 5.05. The van der Waals surface area contributed by atoms with E-state index in [4.69, 9.17) is 11.1 Å². The Bertz CT molecular complexity index is 1000. The molecule has 0 bridgehead atoms. The number of aromatic nitrogens is 2. The van der Waals surface area contributed by atoms with E-state index in [-0.39, 0.29) is 23.4 Å². The summed E-state index contributed by atoms with van der Waals surface area (Å²) >= 11 is 7.20. The predicted molar refractivity (Wildman–Crippen MR) is 151 cm³/mol. The fourth-order valence-corrected chi connectivity index (χ4v) is 6.35. The van der Waals surface area contributed by atoms with Crippen molar-refractivity contribution in [3.05, 3.63) is 38.4 Å². The molecule has 0 saturated heterocycles. The van der Waals surface area contributed by atoms with Crippen LogP contribution in [0.5, 0.6) is 0 Å². The molecule has 0 aliphatic heterocycles. The molecule has 8 nitrogen and oxygen atoms in total. The van der Waals surface area contributed by atoms with Crippen molar-refractivity contribution in [1.82, 2.24) is 10.2 Å². The van der Waals surface area contributed by atoms with Gasteiger partial charge in [0.05, 0.1) is 17.9 Å². The average molecular weight is 557 g/mol. The highest BCUT2D eigenvalue weighted by Crippen LogP contribution is 2.20. The summed E-state index contributed by atoms with van der Waals surface area (Å²) in [6.07, 6.45) is 6.67. The summed E-state index contributed by atoms with van der Waals surface area (Å²) in [6, 6.07) is 3.85. The van der Waals surface area contributed by atoms with Crippen molar-refractivity contribution in [2.45, 2.75) is 39.0 Å². The summed E-state index contributed by atoms with van der Waals surface area (Å²) in [5, 5.41) is 22.8. The number of carbonyl (C=O) groups excluding carboxylic acids is 2. The smallest absolute Gasteiger partial charge is 0.253 e. The maximum atomic E-state index is 12.0. The second-order valence-electron chi connectivity index (χ2n) is 6.75. The van der Waals surface area contributed by atoms with Gasteiger partial charge in [-0.05, 0) is 52.3 Å². The maximum Gasteiger partial charge on any atom is 0.253 e. The van der Waals surface area contributed by atoms with Crippen molar-refractivity contribution in [1.29, 1.82) is 5.41 Å². The molecule has 0 aliphatic rings. The highest BCUT2D eigenvalue weighted by atomic mass is 32.2. The van der Waals surface area contributed by atoms with Gasteiger partial charge >= 0.3 is 0 Å². The Morgan fingerprint density at radius 1 is 1.32 bits per heavy atom. The first-order valence-electron chi connectivity index (χ1n) is 10.5. The van der Waals surface area contributed by atoms with E-state index in [1.54, 1.807) is 23.1 Å². The Hall–Kier alpha value is -1.67. The maximum absolute atomic E-state index is 12.0. The van der Waals surface area contributed by atoms with Gasteiger partial charge in [-0.15, -0.1) is 33.3 Å². The first-order chi connectivity index (χ1) is 16.4. The molecule has 4 N–H and O–H groups in total. The monoisotopic (exact) mass is 556 g/mol. The lowest BCUT2D eigenvalue weighted by atomic mass is 10.3. The number of carbonyl (C=O) groups is 2. The zero-order chi connectivity index (χ0) is 24.8. The van der Waals surface area contributed by atoms with Crippen LogP contribution in [0.1, 0.15) is 36.1 Å². The first kappa shape index (κ1) is 28.6. The molecular weight excluding hydrogens is 529 g/mol. The summed E-state index contributed by atoms with van der Waals surface area (Å²) in [4.78, 5) is 29.9. The summed E-state index contributed by atoms with van der Waals surface area (Å²) in [5.74, 6) is 1.20. The number of nitrogens with zero attached hydrogens (tertiary/aromatic N) is 3. The highest BCUT2D eigenvalue weighted by molar-refractivity contribution is 8.26. The number of nitrogens with one attached hydrogen (secondary N) is 2. The molecule has 2 aromatic heterocycles. The number of thiophene rings is 1. The third-order valence-electron chi connectivity index (χ3n) is 4.04. The number of aliphatic imine (C=N–C) groups is 1. The van der Waals surface area contributed by atoms with Crippen LogP contribution < -0.4 is 11.1 Å². The van der Waals surface area contributed by atoms with Crippen LogP contribution in [-0.2, 0) is 22.4 Å². The molecule has 0 aromatic carbocycles. The number of allylic oxidation sites excluding steroid dienone is 1. The van der Waals surface area contributed by atoms with Crippen molar-refractivity contribution in [2.24, 2.45) is 10.7 Å². The van der Waals surface area contributed by atoms with Gasteiger partial charge in [0.1, 0.15) is 5.01 Å². The Balaban J connectivity index is 1.61. The Kier molecular flexibility index (Phi) is 13.5. The molecule has 34 heavy (non-hydrogen) atoms. The van der Waals surface area contributed by atoms with Crippen molar-refractivity contribution >= 4 is 85.1 Å². The topological polar surface area (TPSA) is 134 Å². The fraction of sp³-hybridized carbons (Fsp3) is 0.429. The molecule has 0 unspecified atom stereocenters. The van der Waals surface area contributed by atoms with Gasteiger partial charge in [0, 0.05) is 17.7 Å². The number of hydrogen-bond donors (Lipinski definition) is 3. The van der Waals surface area contributed by atoms with Crippen LogP contribution in [0.3, 0.4) is 0 Å². The third kappa shape index (κ3) is 11.6. The van der Waals surface area contributed by atoms with Crippen molar-refractivity contribution in [3.8, 4) is 0 Å². The standard InChI is InChI=1S/C21H28N6O2S5/c1-3-5-14(30-2)12-17(28)24-20(23)33-16(22)7-10-31-11-8-19-26-27-21(34-19)25-18(29)13-15-6-4-9-32-15/h4-6,9,22H,3,7-8,10-13H2,1-2H3,(H2,23,24,28)(H,25,27,29)/b14-5-,22-16?. The number of aryl methyl sites for hydroxylation is 1. The molecule has 0 atom stereocenters. The quantitative estimate of drug-likeness (QED) is 0.177. The number of nitrogens with two attached hydrogens (primary N) is 1. The van der Waals surface area contributed by atoms with Crippen LogP contribution in [0, 0.1) is 5.41 Å². The lowest BCUT2D eigenvalue weighted by Gasteiger charge is -2.04. The number of rotatable bonds is 13. The molecule has 184 valence electrons. The molecule has 2 rings (SSSR count). The number of thioether (sulfide) groups is 3. The minimum absolute atomic E-state index is 0.0952. The molecule has 0 fully saturated rings. The molecule has 2 aromatic rings. The van der Waals surface area contributed by atoms with Gasteiger partial charge in [-0.3, -0.25) is 15.0 Å². The number of hydrogen-bond acceptors (Lipinski definition) is 10. The number of amides is 2. The lowest BCUT2D eigenvalue weighted by Crippen LogP contribution is -2.13. The number of anilines is 1. The summed E-state index contributed by atoms with van der Waals surface area (Å²) < 4.78 is 0. The zero-order valence-corrected chi connectivity index (χ0v) is 23.1.